The molecule has 5 heteroatoms. The normalized spacial score (nSPS) is 12.9. The second kappa shape index (κ2) is 10.9. The minimum absolute atomic E-state index is 0.00560. The summed E-state index contributed by atoms with van der Waals surface area (Å²) in [7, 11) is 0. The number of carbonyl (C=O) groups is 2. The van der Waals surface area contributed by atoms with Crippen LogP contribution in [0.4, 0.5) is 4.39 Å². The number of amides is 2. The average Bonchev–Trinajstić information content (AvgIpc) is 2.81. The second-order valence-corrected chi connectivity index (χ2v) is 8.25. The molecule has 0 aromatic heterocycles. The van der Waals surface area contributed by atoms with E-state index < -0.39 is 6.04 Å². The SMILES string of the molecule is CCC(C)NC(=O)C(C)N(Cc1ccccc1F)C(=O)CCc1cccc2ccccc12. The van der Waals surface area contributed by atoms with Crippen LogP contribution in [0, 0.1) is 5.82 Å². The Labute approximate surface area is 189 Å². The zero-order chi connectivity index (χ0) is 23.1. The van der Waals surface area contributed by atoms with E-state index in [0.29, 0.717) is 12.0 Å². The third-order valence-corrected chi connectivity index (χ3v) is 5.95. The van der Waals surface area contributed by atoms with Crippen molar-refractivity contribution in [2.24, 2.45) is 0 Å². The van der Waals surface area contributed by atoms with Gasteiger partial charge in [0.25, 0.3) is 0 Å². The highest BCUT2D eigenvalue weighted by Crippen LogP contribution is 2.21. The number of benzene rings is 3. The molecule has 3 aromatic carbocycles. The second-order valence-electron chi connectivity index (χ2n) is 8.25. The molecule has 168 valence electrons. The first kappa shape index (κ1) is 23.5. The summed E-state index contributed by atoms with van der Waals surface area (Å²) in [4.78, 5) is 27.6. The van der Waals surface area contributed by atoms with E-state index in [1.165, 1.54) is 11.0 Å². The molecule has 0 radical (unpaired) electrons. The third kappa shape index (κ3) is 5.72. The first-order valence-corrected chi connectivity index (χ1v) is 11.2. The molecule has 0 aliphatic carbocycles. The number of hydrogen-bond donors (Lipinski definition) is 1. The molecule has 2 amide bonds. The fourth-order valence-corrected chi connectivity index (χ4v) is 3.75. The lowest BCUT2D eigenvalue weighted by Gasteiger charge is -2.30. The summed E-state index contributed by atoms with van der Waals surface area (Å²) in [6.07, 6.45) is 1.58. The van der Waals surface area contributed by atoms with Gasteiger partial charge in [-0.2, -0.15) is 0 Å². The van der Waals surface area contributed by atoms with E-state index in [4.69, 9.17) is 0 Å². The van der Waals surface area contributed by atoms with Crippen LogP contribution in [0.15, 0.2) is 66.7 Å². The molecule has 0 saturated heterocycles. The van der Waals surface area contributed by atoms with Crippen LogP contribution in [0.25, 0.3) is 10.8 Å². The van der Waals surface area contributed by atoms with Crippen molar-refractivity contribution in [2.75, 3.05) is 0 Å². The first-order valence-electron chi connectivity index (χ1n) is 11.2. The van der Waals surface area contributed by atoms with E-state index in [-0.39, 0.29) is 36.6 Å². The Bertz CT molecular complexity index is 1080. The smallest absolute Gasteiger partial charge is 0.242 e. The summed E-state index contributed by atoms with van der Waals surface area (Å²) >= 11 is 0. The first-order chi connectivity index (χ1) is 15.4. The van der Waals surface area contributed by atoms with Crippen molar-refractivity contribution >= 4 is 22.6 Å². The van der Waals surface area contributed by atoms with Crippen LogP contribution >= 0.6 is 0 Å². The number of hydrogen-bond acceptors (Lipinski definition) is 2. The van der Waals surface area contributed by atoms with Crippen molar-refractivity contribution in [1.29, 1.82) is 0 Å². The summed E-state index contributed by atoms with van der Waals surface area (Å²) in [5.74, 6) is -0.781. The Hall–Kier alpha value is -3.21. The average molecular weight is 435 g/mol. The predicted molar refractivity (Wildman–Crippen MR) is 127 cm³/mol. The van der Waals surface area contributed by atoms with Crippen molar-refractivity contribution in [1.82, 2.24) is 10.2 Å². The molecule has 2 unspecified atom stereocenters. The molecule has 3 rings (SSSR count). The van der Waals surface area contributed by atoms with Crippen LogP contribution in [0.2, 0.25) is 0 Å². The Morgan fingerprint density at radius 1 is 0.938 bits per heavy atom. The number of rotatable bonds is 9. The van der Waals surface area contributed by atoms with Gasteiger partial charge in [0, 0.05) is 24.6 Å². The maximum absolute atomic E-state index is 14.3. The van der Waals surface area contributed by atoms with Crippen LogP contribution in [0.3, 0.4) is 0 Å². The topological polar surface area (TPSA) is 49.4 Å². The lowest BCUT2D eigenvalue weighted by atomic mass is 10.0. The van der Waals surface area contributed by atoms with Crippen LogP contribution < -0.4 is 5.32 Å². The highest BCUT2D eigenvalue weighted by atomic mass is 19.1. The number of carbonyl (C=O) groups excluding carboxylic acids is 2. The molecule has 0 bridgehead atoms. The maximum atomic E-state index is 14.3. The van der Waals surface area contributed by atoms with Crippen LogP contribution in [0.1, 0.15) is 44.7 Å². The summed E-state index contributed by atoms with van der Waals surface area (Å²) in [6.45, 7) is 5.67. The van der Waals surface area contributed by atoms with Gasteiger partial charge < -0.3 is 10.2 Å². The molecular weight excluding hydrogens is 403 g/mol. The van der Waals surface area contributed by atoms with Crippen LogP contribution in [0.5, 0.6) is 0 Å². The minimum Gasteiger partial charge on any atom is -0.352 e. The molecule has 2 atom stereocenters. The van der Waals surface area contributed by atoms with Gasteiger partial charge in [0.2, 0.25) is 11.8 Å². The van der Waals surface area contributed by atoms with Crippen LogP contribution in [-0.4, -0.2) is 28.8 Å². The number of aryl methyl sites for hydroxylation is 1. The lowest BCUT2D eigenvalue weighted by Crippen LogP contribution is -2.49. The van der Waals surface area contributed by atoms with E-state index in [1.807, 2.05) is 50.2 Å². The van der Waals surface area contributed by atoms with Gasteiger partial charge in [-0.15, -0.1) is 0 Å². The lowest BCUT2D eigenvalue weighted by molar-refractivity contribution is -0.140. The molecule has 1 N–H and O–H groups in total. The van der Waals surface area contributed by atoms with Crippen molar-refractivity contribution in [3.63, 3.8) is 0 Å². The van der Waals surface area contributed by atoms with Crippen molar-refractivity contribution in [2.45, 2.75) is 58.7 Å². The molecule has 0 aliphatic rings. The molecule has 0 aliphatic heterocycles. The standard InChI is InChI=1S/C27H31FN2O2/c1-4-19(2)29-27(32)20(3)30(18-23-11-6-8-15-25(23)28)26(31)17-16-22-13-9-12-21-10-5-7-14-24(21)22/h5-15,19-20H,4,16-18H2,1-3H3,(H,29,32). The van der Waals surface area contributed by atoms with Crippen molar-refractivity contribution in [3.05, 3.63) is 83.7 Å². The quantitative estimate of drug-likeness (QED) is 0.500. The molecule has 3 aromatic rings. The monoisotopic (exact) mass is 434 g/mol. The molecule has 0 saturated carbocycles. The minimum atomic E-state index is -0.705. The van der Waals surface area contributed by atoms with Gasteiger partial charge in [0.1, 0.15) is 11.9 Å². The number of nitrogens with one attached hydrogen (secondary N) is 1. The Kier molecular flexibility index (Phi) is 7.98. The van der Waals surface area contributed by atoms with Crippen molar-refractivity contribution in [3.8, 4) is 0 Å². The Morgan fingerprint density at radius 2 is 1.59 bits per heavy atom. The van der Waals surface area contributed by atoms with E-state index >= 15 is 0 Å². The van der Waals surface area contributed by atoms with E-state index in [9.17, 15) is 14.0 Å². The van der Waals surface area contributed by atoms with Crippen LogP contribution in [-0.2, 0) is 22.6 Å². The summed E-state index contributed by atoms with van der Waals surface area (Å²) in [6, 6.07) is 19.8. The van der Waals surface area contributed by atoms with E-state index in [1.54, 1.807) is 25.1 Å². The van der Waals surface area contributed by atoms with Gasteiger partial charge in [0.15, 0.2) is 0 Å². The summed E-state index contributed by atoms with van der Waals surface area (Å²) < 4.78 is 14.3. The zero-order valence-electron chi connectivity index (χ0n) is 19.0. The van der Waals surface area contributed by atoms with Gasteiger partial charge in [0.05, 0.1) is 0 Å². The Balaban J connectivity index is 1.80. The third-order valence-electron chi connectivity index (χ3n) is 5.95. The van der Waals surface area contributed by atoms with Gasteiger partial charge in [-0.1, -0.05) is 67.6 Å². The van der Waals surface area contributed by atoms with Gasteiger partial charge >= 0.3 is 0 Å². The molecule has 0 spiro atoms. The summed E-state index contributed by atoms with van der Waals surface area (Å²) in [5.41, 5.74) is 1.48. The summed E-state index contributed by atoms with van der Waals surface area (Å²) in [5, 5.41) is 5.18. The van der Waals surface area contributed by atoms with Gasteiger partial charge in [-0.05, 0) is 49.1 Å². The fraction of sp³-hybridized carbons (Fsp3) is 0.333. The van der Waals surface area contributed by atoms with Crippen molar-refractivity contribution < 1.29 is 14.0 Å². The number of halogens is 1. The molecule has 0 fully saturated rings. The van der Waals surface area contributed by atoms with Gasteiger partial charge in [-0.3, -0.25) is 9.59 Å². The highest BCUT2D eigenvalue weighted by Gasteiger charge is 2.27. The number of nitrogens with zero attached hydrogens (tertiary/aromatic N) is 1. The zero-order valence-corrected chi connectivity index (χ0v) is 19.0. The Morgan fingerprint density at radius 3 is 2.34 bits per heavy atom. The van der Waals surface area contributed by atoms with Gasteiger partial charge in [-0.25, -0.2) is 4.39 Å². The maximum Gasteiger partial charge on any atom is 0.242 e. The fourth-order valence-electron chi connectivity index (χ4n) is 3.75. The molecule has 4 nitrogen and oxygen atoms in total. The highest BCUT2D eigenvalue weighted by molar-refractivity contribution is 5.89. The molecular formula is C27H31FN2O2. The predicted octanol–water partition coefficient (Wildman–Crippen LogP) is 5.24. The molecule has 32 heavy (non-hydrogen) atoms. The van der Waals surface area contributed by atoms with E-state index in [2.05, 4.69) is 11.4 Å². The van der Waals surface area contributed by atoms with E-state index in [0.717, 1.165) is 22.8 Å². The molecule has 0 heterocycles. The largest absolute Gasteiger partial charge is 0.352 e. The number of fused-ring (bicyclic) bond motifs is 1.